The second-order valence-corrected chi connectivity index (χ2v) is 4.46. The number of aliphatic carboxylic acids is 1. The minimum Gasteiger partial charge on any atom is -0.480 e. The lowest BCUT2D eigenvalue weighted by atomic mass is 10.0. The van der Waals surface area contributed by atoms with E-state index in [-0.39, 0.29) is 11.8 Å². The van der Waals surface area contributed by atoms with Crippen LogP contribution in [0.5, 0.6) is 0 Å². The number of nitrogens with one attached hydrogen (secondary N) is 2. The molecule has 0 spiro atoms. The largest absolute Gasteiger partial charge is 0.480 e. The molecule has 0 bridgehead atoms. The van der Waals surface area contributed by atoms with E-state index in [1.165, 1.54) is 0 Å². The molecule has 1 saturated carbocycles. The zero-order valence-electron chi connectivity index (χ0n) is 9.25. The Hall–Kier alpha value is -1.36. The van der Waals surface area contributed by atoms with E-state index in [1.54, 1.807) is 6.92 Å². The zero-order chi connectivity index (χ0) is 11.7. The first-order valence-corrected chi connectivity index (χ1v) is 5.52. The van der Waals surface area contributed by atoms with Crippen molar-refractivity contribution in [1.82, 2.24) is 10.6 Å². The Morgan fingerprint density at radius 1 is 1.44 bits per heavy atom. The first-order chi connectivity index (χ1) is 7.59. The first kappa shape index (κ1) is 11.1. The van der Waals surface area contributed by atoms with Gasteiger partial charge in [-0.05, 0) is 31.3 Å². The molecule has 2 aliphatic rings. The van der Waals surface area contributed by atoms with Gasteiger partial charge in [-0.2, -0.15) is 0 Å². The highest BCUT2D eigenvalue weighted by Gasteiger charge is 2.37. The number of amides is 1. The van der Waals surface area contributed by atoms with Crippen molar-refractivity contribution in [3.8, 4) is 0 Å². The van der Waals surface area contributed by atoms with E-state index in [9.17, 15) is 9.59 Å². The van der Waals surface area contributed by atoms with E-state index < -0.39 is 12.0 Å². The van der Waals surface area contributed by atoms with Crippen molar-refractivity contribution in [1.29, 1.82) is 0 Å². The van der Waals surface area contributed by atoms with Crippen LogP contribution in [0.25, 0.3) is 0 Å². The first-order valence-electron chi connectivity index (χ1n) is 5.52. The molecule has 2 rings (SSSR count). The second-order valence-electron chi connectivity index (χ2n) is 4.46. The number of carboxylic acids is 1. The van der Waals surface area contributed by atoms with Crippen LogP contribution >= 0.6 is 0 Å². The van der Waals surface area contributed by atoms with Crippen LogP contribution in [0.1, 0.15) is 19.8 Å². The summed E-state index contributed by atoms with van der Waals surface area (Å²) in [5.41, 5.74) is 1.73. The standard InChI is InChI=1S/C11H16N2O3/c1-6(8-4-12-5-8)10(14)13-9(11(15)16)7-2-3-7/h7,9,12H,2-5H2,1H3,(H,13,14)(H,15,16). The number of carbonyl (C=O) groups is 2. The molecule has 2 fully saturated rings. The Kier molecular flexibility index (Phi) is 2.96. The highest BCUT2D eigenvalue weighted by atomic mass is 16.4. The van der Waals surface area contributed by atoms with Gasteiger partial charge in [-0.1, -0.05) is 0 Å². The van der Waals surface area contributed by atoms with Crippen molar-refractivity contribution >= 4 is 11.9 Å². The van der Waals surface area contributed by atoms with Crippen LogP contribution in [-0.4, -0.2) is 36.1 Å². The molecule has 0 aromatic heterocycles. The fourth-order valence-corrected chi connectivity index (χ4v) is 1.74. The molecule has 0 radical (unpaired) electrons. The number of carboxylic acid groups (broad SMARTS) is 1. The van der Waals surface area contributed by atoms with Gasteiger partial charge >= 0.3 is 5.97 Å². The summed E-state index contributed by atoms with van der Waals surface area (Å²) in [5, 5.41) is 14.6. The average Bonchev–Trinajstić information content (AvgIpc) is 2.93. The van der Waals surface area contributed by atoms with Crippen LogP contribution in [0.15, 0.2) is 11.1 Å². The van der Waals surface area contributed by atoms with Gasteiger partial charge in [0.05, 0.1) is 0 Å². The molecule has 1 unspecified atom stereocenters. The fourth-order valence-electron chi connectivity index (χ4n) is 1.74. The van der Waals surface area contributed by atoms with Gasteiger partial charge in [0.2, 0.25) is 5.91 Å². The van der Waals surface area contributed by atoms with Crippen molar-refractivity contribution in [3.63, 3.8) is 0 Å². The predicted molar refractivity (Wildman–Crippen MR) is 57.9 cm³/mol. The number of carbonyl (C=O) groups excluding carboxylic acids is 1. The van der Waals surface area contributed by atoms with E-state index >= 15 is 0 Å². The molecule has 1 aliphatic carbocycles. The van der Waals surface area contributed by atoms with Gasteiger partial charge in [0.25, 0.3) is 0 Å². The van der Waals surface area contributed by atoms with Crippen molar-refractivity contribution in [3.05, 3.63) is 11.1 Å². The molecule has 16 heavy (non-hydrogen) atoms. The SMILES string of the molecule is CC(C(=O)NC(C(=O)O)C1CC1)=C1CNC1. The fraction of sp³-hybridized carbons (Fsp3) is 0.636. The molecule has 0 aromatic carbocycles. The lowest BCUT2D eigenvalue weighted by Crippen LogP contribution is -2.44. The third-order valence-electron chi connectivity index (χ3n) is 3.19. The van der Waals surface area contributed by atoms with Gasteiger partial charge < -0.3 is 15.7 Å². The molecule has 1 aliphatic heterocycles. The molecule has 0 aromatic rings. The topological polar surface area (TPSA) is 78.4 Å². The van der Waals surface area contributed by atoms with Crippen molar-refractivity contribution in [2.45, 2.75) is 25.8 Å². The Morgan fingerprint density at radius 3 is 2.44 bits per heavy atom. The monoisotopic (exact) mass is 224 g/mol. The summed E-state index contributed by atoms with van der Waals surface area (Å²) in [5.74, 6) is -1.05. The van der Waals surface area contributed by atoms with Gasteiger partial charge in [0.15, 0.2) is 0 Å². The van der Waals surface area contributed by atoms with Crippen LogP contribution < -0.4 is 10.6 Å². The normalized spacial score (nSPS) is 20.9. The minimum atomic E-state index is -0.930. The summed E-state index contributed by atoms with van der Waals surface area (Å²) >= 11 is 0. The van der Waals surface area contributed by atoms with Gasteiger partial charge in [-0.3, -0.25) is 4.79 Å². The maximum Gasteiger partial charge on any atom is 0.326 e. The summed E-state index contributed by atoms with van der Waals surface area (Å²) < 4.78 is 0. The minimum absolute atomic E-state index is 0.124. The molecule has 1 heterocycles. The number of hydrogen-bond acceptors (Lipinski definition) is 3. The van der Waals surface area contributed by atoms with Gasteiger partial charge in [0.1, 0.15) is 6.04 Å². The molecule has 1 amide bonds. The van der Waals surface area contributed by atoms with Crippen LogP contribution in [0.3, 0.4) is 0 Å². The van der Waals surface area contributed by atoms with Crippen LogP contribution in [0.2, 0.25) is 0 Å². The van der Waals surface area contributed by atoms with Gasteiger partial charge in [0, 0.05) is 18.7 Å². The Balaban J connectivity index is 1.97. The number of hydrogen-bond donors (Lipinski definition) is 3. The quantitative estimate of drug-likeness (QED) is 0.582. The maximum absolute atomic E-state index is 11.8. The van der Waals surface area contributed by atoms with E-state index in [2.05, 4.69) is 10.6 Å². The molecule has 1 saturated heterocycles. The molecular formula is C11H16N2O3. The van der Waals surface area contributed by atoms with Crippen molar-refractivity contribution < 1.29 is 14.7 Å². The summed E-state index contributed by atoms with van der Waals surface area (Å²) in [6.45, 7) is 3.22. The molecule has 5 nitrogen and oxygen atoms in total. The summed E-state index contributed by atoms with van der Waals surface area (Å²) in [6.07, 6.45) is 1.79. The summed E-state index contributed by atoms with van der Waals surface area (Å²) in [4.78, 5) is 22.7. The molecule has 88 valence electrons. The Morgan fingerprint density at radius 2 is 2.06 bits per heavy atom. The van der Waals surface area contributed by atoms with E-state index in [4.69, 9.17) is 5.11 Å². The van der Waals surface area contributed by atoms with Gasteiger partial charge in [-0.25, -0.2) is 4.79 Å². The predicted octanol–water partition coefficient (Wildman–Crippen LogP) is -0.114. The third kappa shape index (κ3) is 2.24. The summed E-state index contributed by atoms with van der Waals surface area (Å²) in [7, 11) is 0. The Bertz CT molecular complexity index is 352. The van der Waals surface area contributed by atoms with E-state index in [0.29, 0.717) is 5.57 Å². The third-order valence-corrected chi connectivity index (χ3v) is 3.19. The van der Waals surface area contributed by atoms with Crippen LogP contribution in [0, 0.1) is 5.92 Å². The molecule has 1 atom stereocenters. The lowest BCUT2D eigenvalue weighted by Gasteiger charge is -2.22. The van der Waals surface area contributed by atoms with E-state index in [0.717, 1.165) is 31.5 Å². The molecular weight excluding hydrogens is 208 g/mol. The van der Waals surface area contributed by atoms with Crippen molar-refractivity contribution in [2.75, 3.05) is 13.1 Å². The maximum atomic E-state index is 11.8. The molecule has 3 N–H and O–H groups in total. The highest BCUT2D eigenvalue weighted by molar-refractivity contribution is 5.96. The van der Waals surface area contributed by atoms with Crippen LogP contribution in [0.4, 0.5) is 0 Å². The van der Waals surface area contributed by atoms with E-state index in [1.807, 2.05) is 0 Å². The highest BCUT2D eigenvalue weighted by Crippen LogP contribution is 2.32. The molecule has 5 heteroatoms. The zero-order valence-corrected chi connectivity index (χ0v) is 9.25. The average molecular weight is 224 g/mol. The smallest absolute Gasteiger partial charge is 0.326 e. The number of rotatable bonds is 4. The Labute approximate surface area is 93.9 Å². The lowest BCUT2D eigenvalue weighted by molar-refractivity contribution is -0.141. The van der Waals surface area contributed by atoms with Gasteiger partial charge in [-0.15, -0.1) is 0 Å². The van der Waals surface area contributed by atoms with Crippen LogP contribution in [-0.2, 0) is 9.59 Å². The van der Waals surface area contributed by atoms with Crippen molar-refractivity contribution in [2.24, 2.45) is 5.92 Å². The summed E-state index contributed by atoms with van der Waals surface area (Å²) in [6, 6.07) is -0.712. The second kappa shape index (κ2) is 4.25.